The molecule has 0 spiro atoms. The van der Waals surface area contributed by atoms with Crippen LogP contribution in [0, 0.1) is 0 Å². The van der Waals surface area contributed by atoms with Crippen LogP contribution in [0.2, 0.25) is 0 Å². The molecule has 0 saturated carbocycles. The Kier molecular flexibility index (Phi) is 2.53. The largest absolute Gasteiger partial charge is 0.416 e. The molecule has 0 aliphatic carbocycles. The second-order valence-electron chi connectivity index (χ2n) is 4.58. The number of benzene rings is 1. The number of halogens is 3. The van der Waals surface area contributed by atoms with Crippen molar-refractivity contribution in [2.24, 2.45) is 7.05 Å². The minimum Gasteiger partial charge on any atom is -0.396 e. The number of nitrogens with two attached hydrogens (primary N) is 1. The van der Waals surface area contributed by atoms with Crippen LogP contribution in [0.15, 0.2) is 30.6 Å². The van der Waals surface area contributed by atoms with E-state index in [-0.39, 0.29) is 0 Å². The van der Waals surface area contributed by atoms with E-state index in [1.807, 2.05) is 0 Å². The number of fused-ring (bicyclic) bond motifs is 1. The monoisotopic (exact) mass is 280 g/mol. The quantitative estimate of drug-likeness (QED) is 0.719. The van der Waals surface area contributed by atoms with Gasteiger partial charge in [0.2, 0.25) is 0 Å². The molecule has 0 aliphatic rings. The molecule has 0 fully saturated rings. The highest BCUT2D eigenvalue weighted by molar-refractivity contribution is 5.97. The SMILES string of the molecule is Cn1cc(-c2[nH]ncc2N)c2ccc(C(F)(F)F)cc21. The smallest absolute Gasteiger partial charge is 0.396 e. The minimum atomic E-state index is -4.36. The lowest BCUT2D eigenvalue weighted by Gasteiger charge is -2.07. The average Bonchev–Trinajstić information content (AvgIpc) is 2.92. The predicted molar refractivity (Wildman–Crippen MR) is 69.9 cm³/mol. The Morgan fingerprint density at radius 2 is 2.05 bits per heavy atom. The van der Waals surface area contributed by atoms with Gasteiger partial charge >= 0.3 is 6.18 Å². The average molecular weight is 280 g/mol. The second-order valence-corrected chi connectivity index (χ2v) is 4.58. The lowest BCUT2D eigenvalue weighted by molar-refractivity contribution is -0.137. The lowest BCUT2D eigenvalue weighted by Crippen LogP contribution is -2.04. The first-order valence-corrected chi connectivity index (χ1v) is 5.83. The Hall–Kier alpha value is -2.44. The summed E-state index contributed by atoms with van der Waals surface area (Å²) in [5, 5.41) is 7.28. The van der Waals surface area contributed by atoms with Gasteiger partial charge in [0, 0.05) is 29.7 Å². The van der Waals surface area contributed by atoms with Crippen LogP contribution in [0.4, 0.5) is 18.9 Å². The van der Waals surface area contributed by atoms with Gasteiger partial charge in [-0.05, 0) is 12.1 Å². The summed E-state index contributed by atoms with van der Waals surface area (Å²) in [4.78, 5) is 0. The lowest BCUT2D eigenvalue weighted by atomic mass is 10.1. The fraction of sp³-hybridized carbons (Fsp3) is 0.154. The van der Waals surface area contributed by atoms with Crippen LogP contribution in [0.1, 0.15) is 5.56 Å². The highest BCUT2D eigenvalue weighted by Crippen LogP contribution is 2.36. The Morgan fingerprint density at radius 3 is 2.65 bits per heavy atom. The number of nitrogens with zero attached hydrogens (tertiary/aromatic N) is 2. The number of hydrogen-bond acceptors (Lipinski definition) is 2. The topological polar surface area (TPSA) is 59.6 Å². The van der Waals surface area contributed by atoms with Crippen LogP contribution in [-0.4, -0.2) is 14.8 Å². The molecule has 1 aromatic carbocycles. The first-order chi connectivity index (χ1) is 9.38. The fourth-order valence-electron chi connectivity index (χ4n) is 2.27. The van der Waals surface area contributed by atoms with Crippen molar-refractivity contribution in [2.75, 3.05) is 5.73 Å². The molecule has 0 radical (unpaired) electrons. The van der Waals surface area contributed by atoms with Crippen molar-refractivity contribution in [1.82, 2.24) is 14.8 Å². The van der Waals surface area contributed by atoms with Gasteiger partial charge in [0.15, 0.2) is 0 Å². The third-order valence-corrected chi connectivity index (χ3v) is 3.26. The van der Waals surface area contributed by atoms with Crippen molar-refractivity contribution < 1.29 is 13.2 Å². The third kappa shape index (κ3) is 1.82. The molecule has 0 bridgehead atoms. The summed E-state index contributed by atoms with van der Waals surface area (Å²) in [6, 6.07) is 3.65. The van der Waals surface area contributed by atoms with E-state index < -0.39 is 11.7 Å². The van der Waals surface area contributed by atoms with Gasteiger partial charge in [-0.25, -0.2) is 0 Å². The molecule has 4 nitrogen and oxygen atoms in total. The molecular weight excluding hydrogens is 269 g/mol. The summed E-state index contributed by atoms with van der Waals surface area (Å²) in [5.74, 6) is 0. The van der Waals surface area contributed by atoms with Crippen molar-refractivity contribution >= 4 is 16.6 Å². The van der Waals surface area contributed by atoms with Crippen LogP contribution in [0.25, 0.3) is 22.2 Å². The van der Waals surface area contributed by atoms with E-state index >= 15 is 0 Å². The number of aryl methyl sites for hydroxylation is 1. The Morgan fingerprint density at radius 1 is 1.30 bits per heavy atom. The van der Waals surface area contributed by atoms with Gasteiger partial charge in [-0.15, -0.1) is 0 Å². The zero-order valence-electron chi connectivity index (χ0n) is 10.5. The van der Waals surface area contributed by atoms with Crippen molar-refractivity contribution in [3.8, 4) is 11.3 Å². The first-order valence-electron chi connectivity index (χ1n) is 5.83. The summed E-state index contributed by atoms with van der Waals surface area (Å²) in [6.45, 7) is 0. The minimum absolute atomic E-state index is 0.456. The van der Waals surface area contributed by atoms with E-state index in [1.165, 1.54) is 12.3 Å². The van der Waals surface area contributed by atoms with Crippen LogP contribution in [0.5, 0.6) is 0 Å². The predicted octanol–water partition coefficient (Wildman–Crippen LogP) is 3.17. The Balaban J connectivity index is 2.26. The summed E-state index contributed by atoms with van der Waals surface area (Å²) in [5.41, 5.74) is 7.40. The number of anilines is 1. The summed E-state index contributed by atoms with van der Waals surface area (Å²) >= 11 is 0. The maximum absolute atomic E-state index is 12.7. The zero-order chi connectivity index (χ0) is 14.5. The van der Waals surface area contributed by atoms with Crippen LogP contribution < -0.4 is 5.73 Å². The Bertz CT molecular complexity index is 783. The molecule has 3 N–H and O–H groups in total. The molecule has 0 amide bonds. The van der Waals surface area contributed by atoms with E-state index in [9.17, 15) is 13.2 Å². The maximum Gasteiger partial charge on any atom is 0.416 e. The molecular formula is C13H11F3N4. The van der Waals surface area contributed by atoms with Crippen LogP contribution >= 0.6 is 0 Å². The van der Waals surface area contributed by atoms with Gasteiger partial charge < -0.3 is 10.3 Å². The number of H-pyrrole nitrogens is 1. The molecule has 3 rings (SSSR count). The molecule has 2 heterocycles. The summed E-state index contributed by atoms with van der Waals surface area (Å²) in [6.07, 6.45) is -1.15. The fourth-order valence-corrected chi connectivity index (χ4v) is 2.27. The molecule has 0 aliphatic heterocycles. The summed E-state index contributed by atoms with van der Waals surface area (Å²) in [7, 11) is 1.69. The normalized spacial score (nSPS) is 12.2. The van der Waals surface area contributed by atoms with Gasteiger partial charge in [0.05, 0.1) is 23.1 Å². The van der Waals surface area contributed by atoms with Gasteiger partial charge in [-0.2, -0.15) is 18.3 Å². The van der Waals surface area contributed by atoms with E-state index in [0.717, 1.165) is 17.7 Å². The van der Waals surface area contributed by atoms with Gasteiger partial charge in [0.1, 0.15) is 0 Å². The maximum atomic E-state index is 12.7. The number of hydrogen-bond donors (Lipinski definition) is 2. The van der Waals surface area contributed by atoms with E-state index in [4.69, 9.17) is 5.73 Å². The summed E-state index contributed by atoms with van der Waals surface area (Å²) < 4.78 is 39.9. The molecule has 2 aromatic heterocycles. The molecule has 7 heteroatoms. The zero-order valence-corrected chi connectivity index (χ0v) is 10.5. The molecule has 3 aromatic rings. The molecule has 20 heavy (non-hydrogen) atoms. The van der Waals surface area contributed by atoms with Crippen LogP contribution in [-0.2, 0) is 13.2 Å². The third-order valence-electron chi connectivity index (χ3n) is 3.26. The van der Waals surface area contributed by atoms with E-state index in [1.54, 1.807) is 17.8 Å². The van der Waals surface area contributed by atoms with Crippen molar-refractivity contribution in [3.05, 3.63) is 36.2 Å². The van der Waals surface area contributed by atoms with E-state index in [0.29, 0.717) is 22.3 Å². The number of aromatic nitrogens is 3. The number of rotatable bonds is 1. The first kappa shape index (κ1) is 12.6. The highest BCUT2D eigenvalue weighted by atomic mass is 19.4. The Labute approximate surface area is 112 Å². The number of aromatic amines is 1. The highest BCUT2D eigenvalue weighted by Gasteiger charge is 2.31. The van der Waals surface area contributed by atoms with Gasteiger partial charge in [0.25, 0.3) is 0 Å². The van der Waals surface area contributed by atoms with Gasteiger partial charge in [-0.3, -0.25) is 5.10 Å². The van der Waals surface area contributed by atoms with Crippen molar-refractivity contribution in [2.45, 2.75) is 6.18 Å². The number of nitrogens with one attached hydrogen (secondary N) is 1. The van der Waals surface area contributed by atoms with Crippen molar-refractivity contribution in [1.29, 1.82) is 0 Å². The second kappa shape index (κ2) is 4.03. The van der Waals surface area contributed by atoms with Gasteiger partial charge in [-0.1, -0.05) is 6.07 Å². The van der Waals surface area contributed by atoms with E-state index in [2.05, 4.69) is 10.2 Å². The molecule has 0 atom stereocenters. The number of alkyl halides is 3. The standard InChI is InChI=1S/C13H11F3N4/c1-20-6-9(12-10(17)5-18-19-12)8-3-2-7(4-11(8)20)13(14,15)16/h2-6H,17H2,1H3,(H,18,19). The van der Waals surface area contributed by atoms with Crippen molar-refractivity contribution in [3.63, 3.8) is 0 Å². The number of nitrogen functional groups attached to an aromatic ring is 1. The van der Waals surface area contributed by atoms with Crippen LogP contribution in [0.3, 0.4) is 0 Å². The molecule has 104 valence electrons. The molecule has 0 unspecified atom stereocenters. The molecule has 0 saturated heterocycles.